The van der Waals surface area contributed by atoms with Crippen LogP contribution in [0.5, 0.6) is 0 Å². The van der Waals surface area contributed by atoms with E-state index in [1.165, 1.54) is 6.33 Å². The largest absolute Gasteiger partial charge is 0.387 e. The van der Waals surface area contributed by atoms with Crippen molar-refractivity contribution in [1.29, 1.82) is 0 Å². The van der Waals surface area contributed by atoms with Gasteiger partial charge in [0, 0.05) is 6.54 Å². The van der Waals surface area contributed by atoms with Gasteiger partial charge in [0.25, 0.3) is 5.56 Å². The van der Waals surface area contributed by atoms with E-state index in [2.05, 4.69) is 31.2 Å². The molecule has 0 saturated carbocycles. The molecule has 0 aliphatic heterocycles. The highest BCUT2D eigenvalue weighted by molar-refractivity contribution is 9.10. The maximum atomic E-state index is 11.3. The molecule has 0 spiro atoms. The van der Waals surface area contributed by atoms with Crippen molar-refractivity contribution in [3.8, 4) is 0 Å². The summed E-state index contributed by atoms with van der Waals surface area (Å²) in [5, 5.41) is 12.9. The van der Waals surface area contributed by atoms with E-state index in [1.54, 1.807) is 0 Å². The van der Waals surface area contributed by atoms with Crippen LogP contribution >= 0.6 is 15.9 Å². The van der Waals surface area contributed by atoms with Crippen molar-refractivity contribution in [2.75, 3.05) is 11.9 Å². The van der Waals surface area contributed by atoms with Crippen LogP contribution in [0.4, 0.5) is 5.82 Å². The molecule has 0 saturated heterocycles. The van der Waals surface area contributed by atoms with Gasteiger partial charge in [-0.2, -0.15) is 0 Å². The van der Waals surface area contributed by atoms with Crippen LogP contribution in [-0.2, 0) is 0 Å². The summed E-state index contributed by atoms with van der Waals surface area (Å²) in [6.07, 6.45) is 0.656. The molecule has 1 unspecified atom stereocenters. The van der Waals surface area contributed by atoms with Crippen molar-refractivity contribution in [3.05, 3.63) is 57.0 Å². The molecule has 0 bridgehead atoms. The molecule has 0 aliphatic carbocycles. The second-order valence-electron chi connectivity index (χ2n) is 3.70. The van der Waals surface area contributed by atoms with Gasteiger partial charge < -0.3 is 15.4 Å². The van der Waals surface area contributed by atoms with Crippen LogP contribution in [0.25, 0.3) is 0 Å². The highest BCUT2D eigenvalue weighted by Crippen LogP contribution is 2.16. The fraction of sp³-hybridized carbons (Fsp3) is 0.167. The van der Waals surface area contributed by atoms with Gasteiger partial charge in [0.15, 0.2) is 0 Å². The third kappa shape index (κ3) is 2.96. The highest BCUT2D eigenvalue weighted by Gasteiger charge is 2.09. The van der Waals surface area contributed by atoms with Crippen LogP contribution < -0.4 is 10.9 Å². The first-order chi connectivity index (χ1) is 8.68. The number of hydrogen-bond donors (Lipinski definition) is 3. The van der Waals surface area contributed by atoms with Crippen LogP contribution in [0.1, 0.15) is 11.7 Å². The number of halogens is 1. The van der Waals surface area contributed by atoms with Crippen molar-refractivity contribution in [2.45, 2.75) is 6.10 Å². The van der Waals surface area contributed by atoms with Gasteiger partial charge in [-0.05, 0) is 21.5 Å². The standard InChI is InChI=1S/C12H12BrN3O2/c13-10-11(15-7-16-12(10)18)14-6-9(17)8-4-2-1-3-5-8/h1-5,7,9,17H,6H2,(H2,14,15,16,18). The number of hydrogen-bond acceptors (Lipinski definition) is 4. The lowest BCUT2D eigenvalue weighted by Gasteiger charge is -2.12. The summed E-state index contributed by atoms with van der Waals surface area (Å²) in [5.41, 5.74) is 0.549. The Morgan fingerprint density at radius 1 is 1.39 bits per heavy atom. The molecule has 1 atom stereocenters. The van der Waals surface area contributed by atoms with E-state index in [4.69, 9.17) is 0 Å². The molecule has 6 heteroatoms. The molecule has 0 aliphatic rings. The maximum Gasteiger partial charge on any atom is 0.267 e. The quantitative estimate of drug-likeness (QED) is 0.803. The average Bonchev–Trinajstić information content (AvgIpc) is 2.41. The maximum absolute atomic E-state index is 11.3. The number of benzene rings is 1. The Morgan fingerprint density at radius 2 is 2.11 bits per heavy atom. The first kappa shape index (κ1) is 12.8. The first-order valence-corrected chi connectivity index (χ1v) is 6.18. The Morgan fingerprint density at radius 3 is 2.83 bits per heavy atom. The van der Waals surface area contributed by atoms with Gasteiger partial charge in [0.2, 0.25) is 0 Å². The van der Waals surface area contributed by atoms with Gasteiger partial charge in [-0.3, -0.25) is 4.79 Å². The number of nitrogens with zero attached hydrogens (tertiary/aromatic N) is 1. The van der Waals surface area contributed by atoms with E-state index in [0.29, 0.717) is 10.3 Å². The van der Waals surface area contributed by atoms with Gasteiger partial charge in [-0.1, -0.05) is 30.3 Å². The minimum Gasteiger partial charge on any atom is -0.387 e. The molecule has 18 heavy (non-hydrogen) atoms. The van der Waals surface area contributed by atoms with Crippen LogP contribution in [0, 0.1) is 0 Å². The van der Waals surface area contributed by atoms with Crippen molar-refractivity contribution in [3.63, 3.8) is 0 Å². The van der Waals surface area contributed by atoms with Crippen molar-refractivity contribution >= 4 is 21.7 Å². The Balaban J connectivity index is 2.04. The first-order valence-electron chi connectivity index (χ1n) is 5.38. The zero-order valence-corrected chi connectivity index (χ0v) is 11.0. The Hall–Kier alpha value is -1.66. The van der Waals surface area contributed by atoms with Crippen LogP contribution in [0.15, 0.2) is 45.9 Å². The molecule has 1 heterocycles. The van der Waals surface area contributed by atoms with Gasteiger partial charge in [0.05, 0.1) is 12.4 Å². The molecule has 0 radical (unpaired) electrons. The number of H-pyrrole nitrogens is 1. The van der Waals surface area contributed by atoms with Crippen molar-refractivity contribution < 1.29 is 5.11 Å². The topological polar surface area (TPSA) is 78.0 Å². The van der Waals surface area contributed by atoms with E-state index >= 15 is 0 Å². The smallest absolute Gasteiger partial charge is 0.267 e. The third-order valence-electron chi connectivity index (χ3n) is 2.44. The SMILES string of the molecule is O=c1[nH]cnc(NCC(O)c2ccccc2)c1Br. The van der Waals surface area contributed by atoms with Gasteiger partial charge >= 0.3 is 0 Å². The number of anilines is 1. The summed E-state index contributed by atoms with van der Waals surface area (Å²) in [5.74, 6) is 0.411. The molecule has 5 nitrogen and oxygen atoms in total. The molecule has 0 fully saturated rings. The predicted octanol–water partition coefficient (Wildman–Crippen LogP) is 1.68. The normalized spacial score (nSPS) is 12.1. The number of aromatic amines is 1. The minimum absolute atomic E-state index is 0.262. The number of rotatable bonds is 4. The summed E-state index contributed by atoms with van der Waals surface area (Å²) < 4.78 is 0.324. The Kier molecular flexibility index (Phi) is 4.11. The number of aliphatic hydroxyl groups excluding tert-OH is 1. The molecule has 94 valence electrons. The van der Waals surface area contributed by atoms with Crippen molar-refractivity contribution in [1.82, 2.24) is 9.97 Å². The van der Waals surface area contributed by atoms with Gasteiger partial charge in [-0.15, -0.1) is 0 Å². The lowest BCUT2D eigenvalue weighted by molar-refractivity contribution is 0.191. The molecule has 3 N–H and O–H groups in total. The van der Waals surface area contributed by atoms with Gasteiger partial charge in [-0.25, -0.2) is 4.98 Å². The summed E-state index contributed by atoms with van der Waals surface area (Å²) in [7, 11) is 0. The van der Waals surface area contributed by atoms with E-state index in [9.17, 15) is 9.90 Å². The minimum atomic E-state index is -0.654. The third-order valence-corrected chi connectivity index (χ3v) is 3.18. The number of nitrogens with one attached hydrogen (secondary N) is 2. The number of aliphatic hydroxyl groups is 1. The molecule has 1 aromatic heterocycles. The second kappa shape index (κ2) is 5.79. The zero-order valence-electron chi connectivity index (χ0n) is 9.43. The Labute approximate surface area is 112 Å². The summed E-state index contributed by atoms with van der Waals surface area (Å²) in [6.45, 7) is 0.277. The zero-order chi connectivity index (χ0) is 13.0. The van der Waals surface area contributed by atoms with Crippen LogP contribution in [0.3, 0.4) is 0 Å². The number of aromatic nitrogens is 2. The van der Waals surface area contributed by atoms with E-state index in [1.807, 2.05) is 30.3 Å². The summed E-state index contributed by atoms with van der Waals surface area (Å²) >= 11 is 3.14. The van der Waals surface area contributed by atoms with E-state index in [-0.39, 0.29) is 12.1 Å². The van der Waals surface area contributed by atoms with Gasteiger partial charge in [0.1, 0.15) is 10.3 Å². The second-order valence-corrected chi connectivity index (χ2v) is 4.49. The molecule has 0 amide bonds. The summed E-state index contributed by atoms with van der Waals surface area (Å²) in [6, 6.07) is 9.29. The van der Waals surface area contributed by atoms with Crippen LogP contribution in [0.2, 0.25) is 0 Å². The monoisotopic (exact) mass is 309 g/mol. The molecule has 1 aromatic carbocycles. The van der Waals surface area contributed by atoms with E-state index in [0.717, 1.165) is 5.56 Å². The average molecular weight is 310 g/mol. The fourth-order valence-electron chi connectivity index (χ4n) is 1.49. The lowest BCUT2D eigenvalue weighted by atomic mass is 10.1. The predicted molar refractivity (Wildman–Crippen MR) is 72.4 cm³/mol. The Bertz CT molecular complexity index is 571. The molecule has 2 rings (SSSR count). The highest BCUT2D eigenvalue weighted by atomic mass is 79.9. The molecular formula is C12H12BrN3O2. The summed E-state index contributed by atoms with van der Waals surface area (Å²) in [4.78, 5) is 17.7. The lowest BCUT2D eigenvalue weighted by Crippen LogP contribution is -2.16. The fourth-order valence-corrected chi connectivity index (χ4v) is 1.85. The molecular weight excluding hydrogens is 298 g/mol. The van der Waals surface area contributed by atoms with E-state index < -0.39 is 6.10 Å². The van der Waals surface area contributed by atoms with Crippen LogP contribution in [-0.4, -0.2) is 21.6 Å². The molecule has 2 aromatic rings. The van der Waals surface area contributed by atoms with Crippen molar-refractivity contribution in [2.24, 2.45) is 0 Å².